The molecule has 1 aromatic rings. The lowest BCUT2D eigenvalue weighted by Crippen LogP contribution is -2.32. The summed E-state index contributed by atoms with van der Waals surface area (Å²) in [7, 11) is -4.31. The molecule has 0 spiro atoms. The number of hydrogen-bond acceptors (Lipinski definition) is 9. The smallest absolute Gasteiger partial charge is 0.349 e. The molecule has 0 fully saturated rings. The van der Waals surface area contributed by atoms with Crippen molar-refractivity contribution in [3.8, 4) is 0 Å². The number of nitrogen functional groups attached to an aromatic ring is 1. The van der Waals surface area contributed by atoms with Crippen LogP contribution >= 0.6 is 7.60 Å². The minimum Gasteiger partial charge on any atom is -0.777 e. The first-order chi connectivity index (χ1) is 18.4. The Hall–Kier alpha value is -1.29. The van der Waals surface area contributed by atoms with Gasteiger partial charge < -0.3 is 34.3 Å². The maximum Gasteiger partial charge on any atom is 0.349 e. The van der Waals surface area contributed by atoms with Crippen LogP contribution in [0.3, 0.4) is 0 Å². The lowest BCUT2D eigenvalue weighted by Gasteiger charge is -2.25. The van der Waals surface area contributed by atoms with Crippen LogP contribution in [-0.4, -0.2) is 47.1 Å². The monoisotopic (exact) mass is 560 g/mol. The molecule has 0 bridgehead atoms. The number of nitrogens with zero attached hydrogens (tertiary/aromatic N) is 2. The van der Waals surface area contributed by atoms with Crippen molar-refractivity contribution in [1.29, 1.82) is 0 Å². The highest BCUT2D eigenvalue weighted by atomic mass is 31.2. The molecule has 0 saturated carbocycles. The molecule has 222 valence electrons. The summed E-state index contributed by atoms with van der Waals surface area (Å²) < 4.78 is 28.5. The number of anilines is 1. The summed E-state index contributed by atoms with van der Waals surface area (Å²) in [6.45, 7) is 1.78. The first-order valence-electron chi connectivity index (χ1n) is 14.5. The fraction of sp³-hybridized carbons (Fsp3) is 0.852. The maximum absolute atomic E-state index is 12.0. The highest BCUT2D eigenvalue weighted by molar-refractivity contribution is 7.51. The Morgan fingerprint density at radius 3 is 2.00 bits per heavy atom. The Morgan fingerprint density at radius 1 is 0.974 bits per heavy atom. The van der Waals surface area contributed by atoms with Crippen LogP contribution < -0.4 is 16.3 Å². The molecule has 1 heterocycles. The number of aliphatic hydroxyl groups excluding tert-OH is 1. The molecule has 0 radical (unpaired) electrons. The van der Waals surface area contributed by atoms with Crippen molar-refractivity contribution in [3.63, 3.8) is 0 Å². The van der Waals surface area contributed by atoms with Crippen molar-refractivity contribution in [2.45, 2.75) is 122 Å². The zero-order valence-electron chi connectivity index (χ0n) is 23.4. The van der Waals surface area contributed by atoms with Gasteiger partial charge in [-0.25, -0.2) is 4.79 Å². The average Bonchev–Trinajstić information content (AvgIpc) is 2.89. The molecule has 0 aliphatic rings. The molecular weight excluding hydrogens is 509 g/mol. The molecular formula is C27H51N3O7P-. The minimum absolute atomic E-state index is 0.0711. The van der Waals surface area contributed by atoms with E-state index in [4.69, 9.17) is 19.7 Å². The van der Waals surface area contributed by atoms with E-state index in [1.165, 1.54) is 100 Å². The van der Waals surface area contributed by atoms with Crippen molar-refractivity contribution in [2.24, 2.45) is 0 Å². The normalized spacial score (nSPS) is 14.0. The summed E-state index contributed by atoms with van der Waals surface area (Å²) in [5.74, 6) is 0.0739. The average molecular weight is 561 g/mol. The van der Waals surface area contributed by atoms with Gasteiger partial charge in [-0.1, -0.05) is 103 Å². The molecule has 0 aliphatic carbocycles. The number of unbranched alkanes of at least 4 members (excludes halogenated alkanes) is 15. The second-order valence-electron chi connectivity index (χ2n) is 9.96. The first kappa shape index (κ1) is 34.7. The van der Waals surface area contributed by atoms with Crippen molar-refractivity contribution >= 4 is 13.4 Å². The summed E-state index contributed by atoms with van der Waals surface area (Å²) in [6.07, 6.45) is 20.4. The molecule has 11 heteroatoms. The van der Waals surface area contributed by atoms with E-state index < -0.39 is 32.3 Å². The zero-order chi connectivity index (χ0) is 27.9. The van der Waals surface area contributed by atoms with Gasteiger partial charge in [0.1, 0.15) is 12.2 Å². The summed E-state index contributed by atoms with van der Waals surface area (Å²) >= 11 is 0. The predicted molar refractivity (Wildman–Crippen MR) is 149 cm³/mol. The molecule has 10 nitrogen and oxygen atoms in total. The highest BCUT2D eigenvalue weighted by Gasteiger charge is 2.16. The van der Waals surface area contributed by atoms with E-state index in [1.807, 2.05) is 0 Å². The van der Waals surface area contributed by atoms with Crippen LogP contribution in [-0.2, 0) is 25.1 Å². The fourth-order valence-corrected chi connectivity index (χ4v) is 4.83. The molecule has 0 saturated heterocycles. The Kier molecular flexibility index (Phi) is 20.6. The Morgan fingerprint density at radius 2 is 1.50 bits per heavy atom. The second-order valence-corrected chi connectivity index (χ2v) is 11.7. The third kappa shape index (κ3) is 18.9. The zero-order valence-corrected chi connectivity index (χ0v) is 24.3. The van der Waals surface area contributed by atoms with Crippen molar-refractivity contribution in [1.82, 2.24) is 9.55 Å². The van der Waals surface area contributed by atoms with Crippen molar-refractivity contribution in [3.05, 3.63) is 22.7 Å². The van der Waals surface area contributed by atoms with Crippen LogP contribution in [0.15, 0.2) is 17.1 Å². The van der Waals surface area contributed by atoms with E-state index in [9.17, 15) is 19.4 Å². The molecule has 38 heavy (non-hydrogen) atoms. The third-order valence-corrected chi connectivity index (χ3v) is 7.41. The van der Waals surface area contributed by atoms with Crippen LogP contribution in [0.25, 0.3) is 0 Å². The van der Waals surface area contributed by atoms with Gasteiger partial charge >= 0.3 is 5.69 Å². The second kappa shape index (κ2) is 22.5. The molecule has 1 rings (SSSR count). The standard InChI is InChI=1S/C27H52N3O7P/c1-2-3-4-5-6-7-8-9-10-11-12-13-14-15-16-17-20-35-23-37-38(33,34)24-36-25(22-31)21-30-19-18-26(28)29-27(30)32/h18-19,25,31H,2-17,20-24H2,1H3,(H,33,34)(H2,28,29,32)/p-1/t25-/m0/s1. The van der Waals surface area contributed by atoms with Crippen LogP contribution in [0, 0.1) is 0 Å². The van der Waals surface area contributed by atoms with Gasteiger partial charge in [0.15, 0.2) is 14.4 Å². The summed E-state index contributed by atoms with van der Waals surface area (Å²) in [4.78, 5) is 27.4. The Bertz CT molecular complexity index is 809. The van der Waals surface area contributed by atoms with Crippen molar-refractivity contribution in [2.75, 3.05) is 32.1 Å². The molecule has 0 aliphatic heterocycles. The van der Waals surface area contributed by atoms with E-state index in [0.717, 1.165) is 19.3 Å². The van der Waals surface area contributed by atoms with Gasteiger partial charge in [-0.05, 0) is 12.5 Å². The topological polar surface area (TPSA) is 149 Å². The molecule has 3 N–H and O–H groups in total. The van der Waals surface area contributed by atoms with Gasteiger partial charge in [0.2, 0.25) is 0 Å². The first-order valence-corrected chi connectivity index (χ1v) is 16.2. The summed E-state index contributed by atoms with van der Waals surface area (Å²) in [5.41, 5.74) is 4.82. The van der Waals surface area contributed by atoms with E-state index in [-0.39, 0.29) is 19.2 Å². The third-order valence-electron chi connectivity index (χ3n) is 6.44. The molecule has 2 atom stereocenters. The summed E-state index contributed by atoms with van der Waals surface area (Å²) in [6, 6.07) is 1.42. The Balaban J connectivity index is 1.94. The number of ether oxygens (including phenoxy) is 2. The maximum atomic E-state index is 12.0. The summed E-state index contributed by atoms with van der Waals surface area (Å²) in [5, 5.41) is 9.43. The molecule has 0 aromatic carbocycles. The predicted octanol–water partition coefficient (Wildman–Crippen LogP) is 4.97. The molecule has 1 aromatic heterocycles. The number of hydrogen-bond donors (Lipinski definition) is 2. The van der Waals surface area contributed by atoms with Gasteiger partial charge in [-0.3, -0.25) is 4.57 Å². The highest BCUT2D eigenvalue weighted by Crippen LogP contribution is 2.37. The molecule has 1 unspecified atom stereocenters. The van der Waals surface area contributed by atoms with Gasteiger partial charge in [-0.2, -0.15) is 4.98 Å². The van der Waals surface area contributed by atoms with E-state index in [2.05, 4.69) is 11.9 Å². The fourth-order valence-electron chi connectivity index (χ4n) is 4.13. The van der Waals surface area contributed by atoms with Gasteiger partial charge in [0.05, 0.1) is 19.3 Å². The number of aromatic nitrogens is 2. The number of nitrogens with two attached hydrogens (primary N) is 1. The SMILES string of the molecule is CCCCCCCCCCCCCCCCCCOCOP(=O)([O-])CO[C@H](CO)Cn1ccc(N)nc1=O. The van der Waals surface area contributed by atoms with Gasteiger partial charge in [-0.15, -0.1) is 0 Å². The van der Waals surface area contributed by atoms with Crippen LogP contribution in [0.1, 0.15) is 110 Å². The van der Waals surface area contributed by atoms with E-state index in [0.29, 0.717) is 6.61 Å². The van der Waals surface area contributed by atoms with Crippen LogP contribution in [0.2, 0.25) is 0 Å². The lowest BCUT2D eigenvalue weighted by molar-refractivity contribution is -0.213. The van der Waals surface area contributed by atoms with Gasteiger partial charge in [0.25, 0.3) is 0 Å². The van der Waals surface area contributed by atoms with E-state index >= 15 is 0 Å². The molecule has 0 amide bonds. The quantitative estimate of drug-likeness (QED) is 0.0910. The van der Waals surface area contributed by atoms with Crippen LogP contribution in [0.5, 0.6) is 0 Å². The largest absolute Gasteiger partial charge is 0.777 e. The van der Waals surface area contributed by atoms with Gasteiger partial charge in [0, 0.05) is 12.8 Å². The van der Waals surface area contributed by atoms with Crippen molar-refractivity contribution < 1.29 is 28.6 Å². The minimum atomic E-state index is -4.31. The van der Waals surface area contributed by atoms with Crippen LogP contribution in [0.4, 0.5) is 5.82 Å². The Labute approximate surface area is 228 Å². The lowest BCUT2D eigenvalue weighted by atomic mass is 10.0. The van der Waals surface area contributed by atoms with E-state index in [1.54, 1.807) is 0 Å². The number of rotatable bonds is 26. The number of aliphatic hydroxyl groups is 1.